The number of hydrogen-bond donors (Lipinski definition) is 0. The molecule has 2 aliphatic heterocycles. The third kappa shape index (κ3) is 3.02. The number of carbonyl (C=O) groups excluding carboxylic acids is 1. The lowest BCUT2D eigenvalue weighted by atomic mass is 9.82. The molecule has 0 radical (unpaired) electrons. The fraction of sp³-hybridized carbons (Fsp3) is 0.611. The second-order valence-electron chi connectivity index (χ2n) is 7.09. The molecule has 1 saturated heterocycles. The highest BCUT2D eigenvalue weighted by atomic mass is 16.6. The number of benzene rings is 1. The van der Waals surface area contributed by atoms with Crippen LogP contribution in [-0.4, -0.2) is 61.6 Å². The van der Waals surface area contributed by atoms with Crippen molar-refractivity contribution in [3.63, 3.8) is 0 Å². The minimum absolute atomic E-state index is 0.176. The van der Waals surface area contributed by atoms with Gasteiger partial charge in [-0.2, -0.15) is 0 Å². The first-order chi connectivity index (χ1) is 10.9. The average Bonchev–Trinajstić information content (AvgIpc) is 2.53. The van der Waals surface area contributed by atoms with Crippen molar-refractivity contribution in [3.05, 3.63) is 23.8 Å². The van der Waals surface area contributed by atoms with Crippen LogP contribution in [0.25, 0.3) is 0 Å². The molecule has 3 rings (SSSR count). The molecule has 0 aromatic heterocycles. The second-order valence-corrected chi connectivity index (χ2v) is 7.09. The molecule has 5 heteroatoms. The molecule has 2 heterocycles. The van der Waals surface area contributed by atoms with Gasteiger partial charge in [0.15, 0.2) is 11.5 Å². The van der Waals surface area contributed by atoms with E-state index in [-0.39, 0.29) is 11.9 Å². The van der Waals surface area contributed by atoms with Crippen molar-refractivity contribution in [1.29, 1.82) is 0 Å². The van der Waals surface area contributed by atoms with E-state index in [1.165, 1.54) is 0 Å². The van der Waals surface area contributed by atoms with Crippen LogP contribution in [-0.2, 0) is 10.2 Å². The van der Waals surface area contributed by atoms with Gasteiger partial charge in [0.05, 0.1) is 5.41 Å². The average molecular weight is 318 g/mol. The van der Waals surface area contributed by atoms with Gasteiger partial charge in [0.25, 0.3) is 0 Å². The van der Waals surface area contributed by atoms with Crippen LogP contribution in [0.5, 0.6) is 11.5 Å². The normalized spacial score (nSPS) is 22.1. The topological polar surface area (TPSA) is 42.0 Å². The molecule has 0 spiro atoms. The molecule has 0 bridgehead atoms. The molecule has 1 amide bonds. The Hall–Kier alpha value is -1.75. The maximum absolute atomic E-state index is 13.1. The van der Waals surface area contributed by atoms with Gasteiger partial charge in [0, 0.05) is 25.7 Å². The van der Waals surface area contributed by atoms with Crippen LogP contribution in [0.3, 0.4) is 0 Å². The minimum Gasteiger partial charge on any atom is -0.486 e. The summed E-state index contributed by atoms with van der Waals surface area (Å²) in [7, 11) is 2.10. The lowest BCUT2D eigenvalue weighted by Crippen LogP contribution is -2.56. The third-order valence-corrected chi connectivity index (χ3v) is 4.89. The number of piperazine rings is 1. The summed E-state index contributed by atoms with van der Waals surface area (Å²) in [6, 6.07) is 6.07. The molecule has 1 unspecified atom stereocenters. The fourth-order valence-corrected chi connectivity index (χ4v) is 3.36. The Morgan fingerprint density at radius 2 is 1.87 bits per heavy atom. The number of carbonyl (C=O) groups is 1. The first-order valence-corrected chi connectivity index (χ1v) is 8.29. The van der Waals surface area contributed by atoms with E-state index in [1.54, 1.807) is 0 Å². The van der Waals surface area contributed by atoms with E-state index in [0.717, 1.165) is 36.7 Å². The van der Waals surface area contributed by atoms with Gasteiger partial charge in [0.1, 0.15) is 13.2 Å². The Labute approximate surface area is 138 Å². The summed E-state index contributed by atoms with van der Waals surface area (Å²) in [6.07, 6.45) is 0. The first kappa shape index (κ1) is 16.1. The highest BCUT2D eigenvalue weighted by Crippen LogP contribution is 2.36. The summed E-state index contributed by atoms with van der Waals surface area (Å²) < 4.78 is 11.2. The zero-order chi connectivity index (χ0) is 16.6. The van der Waals surface area contributed by atoms with E-state index >= 15 is 0 Å². The van der Waals surface area contributed by atoms with Crippen molar-refractivity contribution in [2.75, 3.05) is 39.9 Å². The predicted molar refractivity (Wildman–Crippen MR) is 89.1 cm³/mol. The number of hydrogen-bond acceptors (Lipinski definition) is 4. The minimum atomic E-state index is -0.583. The molecule has 23 heavy (non-hydrogen) atoms. The van der Waals surface area contributed by atoms with Crippen LogP contribution in [0.15, 0.2) is 18.2 Å². The number of likely N-dealkylation sites (N-methyl/N-ethyl adjacent to an activating group) is 1. The van der Waals surface area contributed by atoms with Crippen molar-refractivity contribution < 1.29 is 14.3 Å². The molecule has 2 aliphatic rings. The number of rotatable bonds is 2. The maximum Gasteiger partial charge on any atom is 0.232 e. The van der Waals surface area contributed by atoms with E-state index in [2.05, 4.69) is 18.9 Å². The lowest BCUT2D eigenvalue weighted by Gasteiger charge is -2.42. The van der Waals surface area contributed by atoms with Gasteiger partial charge < -0.3 is 19.3 Å². The van der Waals surface area contributed by atoms with Crippen molar-refractivity contribution in [2.24, 2.45) is 0 Å². The summed E-state index contributed by atoms with van der Waals surface area (Å²) in [6.45, 7) is 9.86. The van der Waals surface area contributed by atoms with Gasteiger partial charge in [-0.05, 0) is 45.5 Å². The van der Waals surface area contributed by atoms with E-state index < -0.39 is 5.41 Å². The van der Waals surface area contributed by atoms with Crippen LogP contribution in [0.1, 0.15) is 26.3 Å². The predicted octanol–water partition coefficient (Wildman–Crippen LogP) is 1.90. The number of nitrogens with zero attached hydrogens (tertiary/aromatic N) is 2. The Morgan fingerprint density at radius 1 is 1.17 bits per heavy atom. The van der Waals surface area contributed by atoms with Crippen LogP contribution in [0, 0.1) is 0 Å². The quantitative estimate of drug-likeness (QED) is 0.835. The molecular weight excluding hydrogens is 292 g/mol. The van der Waals surface area contributed by atoms with Crippen LogP contribution in [0.4, 0.5) is 0 Å². The largest absolute Gasteiger partial charge is 0.486 e. The first-order valence-electron chi connectivity index (χ1n) is 8.29. The summed E-state index contributed by atoms with van der Waals surface area (Å²) in [4.78, 5) is 17.4. The van der Waals surface area contributed by atoms with Gasteiger partial charge in [-0.1, -0.05) is 6.07 Å². The molecular formula is C18H26N2O3. The van der Waals surface area contributed by atoms with Crippen molar-refractivity contribution in [2.45, 2.75) is 32.2 Å². The van der Waals surface area contributed by atoms with Crippen LogP contribution < -0.4 is 9.47 Å². The van der Waals surface area contributed by atoms with E-state index in [0.29, 0.717) is 13.2 Å². The molecule has 5 nitrogen and oxygen atoms in total. The molecule has 0 aliphatic carbocycles. The standard InChI is InChI=1S/C18H26N2O3/c1-13-12-19(4)7-8-20(13)17(21)18(2,3)14-5-6-15-16(11-14)23-10-9-22-15/h5-6,11,13H,7-10,12H2,1-4H3. The Balaban J connectivity index is 1.84. The molecule has 1 fully saturated rings. The maximum atomic E-state index is 13.1. The van der Waals surface area contributed by atoms with Gasteiger partial charge >= 0.3 is 0 Å². The molecule has 0 saturated carbocycles. The zero-order valence-electron chi connectivity index (χ0n) is 14.5. The van der Waals surface area contributed by atoms with Gasteiger partial charge in [-0.3, -0.25) is 4.79 Å². The summed E-state index contributed by atoms with van der Waals surface area (Å²) in [5.41, 5.74) is 0.387. The van der Waals surface area contributed by atoms with E-state index in [4.69, 9.17) is 9.47 Å². The van der Waals surface area contributed by atoms with Crippen LogP contribution in [0.2, 0.25) is 0 Å². The summed E-state index contributed by atoms with van der Waals surface area (Å²) in [5.74, 6) is 1.67. The van der Waals surface area contributed by atoms with Crippen LogP contribution >= 0.6 is 0 Å². The molecule has 1 aromatic rings. The van der Waals surface area contributed by atoms with Gasteiger partial charge in [0.2, 0.25) is 5.91 Å². The number of amides is 1. The van der Waals surface area contributed by atoms with Gasteiger partial charge in [-0.25, -0.2) is 0 Å². The number of ether oxygens (including phenoxy) is 2. The molecule has 0 N–H and O–H groups in total. The van der Waals surface area contributed by atoms with Crippen molar-refractivity contribution >= 4 is 5.91 Å². The van der Waals surface area contributed by atoms with Crippen molar-refractivity contribution in [3.8, 4) is 11.5 Å². The lowest BCUT2D eigenvalue weighted by molar-refractivity contribution is -0.140. The smallest absolute Gasteiger partial charge is 0.232 e. The van der Waals surface area contributed by atoms with Crippen molar-refractivity contribution in [1.82, 2.24) is 9.80 Å². The molecule has 1 aromatic carbocycles. The Bertz CT molecular complexity index is 600. The highest BCUT2D eigenvalue weighted by Gasteiger charge is 2.38. The summed E-state index contributed by atoms with van der Waals surface area (Å²) >= 11 is 0. The molecule has 126 valence electrons. The number of fused-ring (bicyclic) bond motifs is 1. The van der Waals surface area contributed by atoms with E-state index in [9.17, 15) is 4.79 Å². The molecule has 1 atom stereocenters. The fourth-order valence-electron chi connectivity index (χ4n) is 3.36. The highest BCUT2D eigenvalue weighted by molar-refractivity contribution is 5.88. The SMILES string of the molecule is CC1CN(C)CCN1C(=O)C(C)(C)c1ccc2c(c1)OCCO2. The zero-order valence-corrected chi connectivity index (χ0v) is 14.5. The second kappa shape index (κ2) is 6.04. The third-order valence-electron chi connectivity index (χ3n) is 4.89. The Kier molecular flexibility index (Phi) is 4.23. The monoisotopic (exact) mass is 318 g/mol. The van der Waals surface area contributed by atoms with Gasteiger partial charge in [-0.15, -0.1) is 0 Å². The van der Waals surface area contributed by atoms with E-state index in [1.807, 2.05) is 36.9 Å². The Morgan fingerprint density at radius 3 is 2.57 bits per heavy atom. The summed E-state index contributed by atoms with van der Waals surface area (Å²) in [5, 5.41) is 0.